The topological polar surface area (TPSA) is 16.3 Å². The monoisotopic (exact) mass is 1250 g/mol. The van der Waals surface area contributed by atoms with Crippen LogP contribution in [0.3, 0.4) is 0 Å². The van der Waals surface area contributed by atoms with Crippen molar-refractivity contribution in [2.24, 2.45) is 0 Å². The lowest BCUT2D eigenvalue weighted by Gasteiger charge is -2.42. The first-order valence-corrected chi connectivity index (χ1v) is 35.0. The Bertz CT molecular complexity index is 7020. The van der Waals surface area contributed by atoms with E-state index < -0.39 is 0 Å². The first-order valence-electron chi connectivity index (χ1n) is 33.4. The molecule has 0 unspecified atom stereocenters. The van der Waals surface area contributed by atoms with E-state index in [1.807, 2.05) is 22.7 Å². The number of anilines is 6. The third kappa shape index (κ3) is 6.33. The molecule has 0 fully saturated rings. The van der Waals surface area contributed by atoms with Crippen molar-refractivity contribution in [2.75, 3.05) is 9.80 Å². The minimum Gasteiger partial charge on any atom is -0.375 e. The Morgan fingerprint density at radius 1 is 0.271 bits per heavy atom. The van der Waals surface area contributed by atoms with Crippen LogP contribution in [0.1, 0.15) is 0 Å². The molecular weight excluding hydrogens is 1200 g/mol. The van der Waals surface area contributed by atoms with Gasteiger partial charge in [-0.1, -0.05) is 212 Å². The molecular formula is C88H48B2N4S2. The van der Waals surface area contributed by atoms with Crippen molar-refractivity contribution in [3.05, 3.63) is 291 Å². The molecule has 0 radical (unpaired) electrons. The van der Waals surface area contributed by atoms with Gasteiger partial charge in [0.15, 0.2) is 0 Å². The van der Waals surface area contributed by atoms with Crippen LogP contribution in [0.2, 0.25) is 0 Å². The second-order valence-corrected chi connectivity index (χ2v) is 29.0. The molecule has 4 aliphatic heterocycles. The Morgan fingerprint density at radius 2 is 0.875 bits per heavy atom. The maximum absolute atomic E-state index is 2.73. The zero-order chi connectivity index (χ0) is 61.9. The van der Waals surface area contributed by atoms with Crippen molar-refractivity contribution in [1.29, 1.82) is 0 Å². The summed E-state index contributed by atoms with van der Waals surface area (Å²) in [5.74, 6) is 0. The summed E-state index contributed by atoms with van der Waals surface area (Å²) in [6.45, 7) is -0.191. The zero-order valence-electron chi connectivity index (χ0n) is 51.5. The van der Waals surface area contributed by atoms with Crippen molar-refractivity contribution < 1.29 is 0 Å². The van der Waals surface area contributed by atoms with Crippen molar-refractivity contribution in [2.45, 2.75) is 0 Å². The summed E-state index contributed by atoms with van der Waals surface area (Å²) >= 11 is 3.86. The number of rotatable bonds is 3. The van der Waals surface area contributed by atoms with Gasteiger partial charge in [0.05, 0.1) is 27.4 Å². The van der Waals surface area contributed by atoms with Gasteiger partial charge in [-0.05, 0) is 155 Å². The molecule has 438 valence electrons. The van der Waals surface area contributed by atoms with Gasteiger partial charge in [0.25, 0.3) is 0 Å². The maximum atomic E-state index is 2.73. The predicted octanol–water partition coefficient (Wildman–Crippen LogP) is 21.8. The molecule has 4 aromatic heterocycles. The first-order chi connectivity index (χ1) is 47.6. The Morgan fingerprint density at radius 3 is 1.71 bits per heavy atom. The van der Waals surface area contributed by atoms with Crippen LogP contribution in [0.25, 0.3) is 160 Å². The van der Waals surface area contributed by atoms with Crippen LogP contribution in [0, 0.1) is 0 Å². The molecule has 0 aliphatic carbocycles. The Labute approximate surface area is 558 Å². The SMILES string of the molecule is c1ccc2c(N3c4c(ccc5ccccc45)B4c5c(cc6sc7ccccc7c6c53)-c3cc(-c5ccc6ccc(N7c8ccc9ccccc9c8B8c9c(cc%10c(sc%11ccccc%11%10)c97)-c7cccc9c%10ccccc%10n8c79)cc6c5)cc5c6ccccc6n4c35)cccc2c1. The quantitative estimate of drug-likeness (QED) is 0.164. The highest BCUT2D eigenvalue weighted by Crippen LogP contribution is 2.56. The molecule has 24 rings (SSSR count). The van der Waals surface area contributed by atoms with Gasteiger partial charge < -0.3 is 18.8 Å². The highest BCUT2D eigenvalue weighted by molar-refractivity contribution is 7.27. The van der Waals surface area contributed by atoms with E-state index in [-0.39, 0.29) is 13.7 Å². The van der Waals surface area contributed by atoms with E-state index in [1.54, 1.807) is 0 Å². The zero-order valence-corrected chi connectivity index (χ0v) is 53.1. The minimum atomic E-state index is -0.112. The normalized spacial score (nSPS) is 13.5. The van der Waals surface area contributed by atoms with Gasteiger partial charge in [0.2, 0.25) is 0 Å². The van der Waals surface area contributed by atoms with E-state index >= 15 is 0 Å². The number of nitrogens with zero attached hydrogens (tertiary/aromatic N) is 4. The molecule has 96 heavy (non-hydrogen) atoms. The molecule has 0 amide bonds. The number of para-hydroxylation sites is 3. The summed E-state index contributed by atoms with van der Waals surface area (Å²) in [6, 6.07) is 112. The summed E-state index contributed by atoms with van der Waals surface area (Å²) in [6.07, 6.45) is 0. The summed E-state index contributed by atoms with van der Waals surface area (Å²) in [7, 11) is 0. The largest absolute Gasteiger partial charge is 0.375 e. The fourth-order valence-corrected chi connectivity index (χ4v) is 20.9. The molecule has 0 saturated heterocycles. The maximum Gasteiger partial charge on any atom is 0.333 e. The molecule has 4 aliphatic rings. The van der Waals surface area contributed by atoms with Crippen LogP contribution in [0.4, 0.5) is 34.1 Å². The van der Waals surface area contributed by atoms with Gasteiger partial charge in [0.1, 0.15) is 0 Å². The van der Waals surface area contributed by atoms with E-state index in [0.29, 0.717) is 0 Å². The second kappa shape index (κ2) is 18.2. The molecule has 8 heteroatoms. The van der Waals surface area contributed by atoms with Crippen molar-refractivity contribution >= 4 is 219 Å². The summed E-state index contributed by atoms with van der Waals surface area (Å²) in [5.41, 5.74) is 25.4. The lowest BCUT2D eigenvalue weighted by molar-refractivity contribution is 1.27. The fourth-order valence-electron chi connectivity index (χ4n) is 18.5. The average Bonchev–Trinajstić information content (AvgIpc) is 1.37. The molecule has 0 bridgehead atoms. The van der Waals surface area contributed by atoms with E-state index in [2.05, 4.69) is 310 Å². The number of hydrogen-bond donors (Lipinski definition) is 0. The van der Waals surface area contributed by atoms with Crippen LogP contribution < -0.4 is 31.7 Å². The highest BCUT2D eigenvalue weighted by atomic mass is 32.1. The summed E-state index contributed by atoms with van der Waals surface area (Å²) < 4.78 is 10.7. The van der Waals surface area contributed by atoms with E-state index in [1.165, 1.54) is 211 Å². The number of fused-ring (bicyclic) bond motifs is 28. The van der Waals surface area contributed by atoms with Crippen molar-refractivity contribution in [3.63, 3.8) is 0 Å². The van der Waals surface area contributed by atoms with Gasteiger partial charge in [-0.25, -0.2) is 0 Å². The third-order valence-corrected chi connectivity index (χ3v) is 24.6. The first kappa shape index (κ1) is 50.8. The predicted molar refractivity (Wildman–Crippen MR) is 415 cm³/mol. The molecule has 0 spiro atoms. The van der Waals surface area contributed by atoms with E-state index in [9.17, 15) is 0 Å². The van der Waals surface area contributed by atoms with Crippen LogP contribution in [-0.4, -0.2) is 22.7 Å². The van der Waals surface area contributed by atoms with Gasteiger partial charge in [-0.15, -0.1) is 22.7 Å². The molecule has 0 saturated carbocycles. The van der Waals surface area contributed by atoms with Gasteiger partial charge in [-0.2, -0.15) is 0 Å². The van der Waals surface area contributed by atoms with E-state index in [4.69, 9.17) is 0 Å². The third-order valence-electron chi connectivity index (χ3n) is 22.3. The van der Waals surface area contributed by atoms with Gasteiger partial charge >= 0.3 is 13.7 Å². The molecule has 0 atom stereocenters. The van der Waals surface area contributed by atoms with E-state index in [0.717, 1.165) is 5.69 Å². The standard InChI is InChI=1S/C88H48B2N4S2/c1-4-21-57-50(17-1)20-15-32-72(57)92-85-59-23-6-3-19-52(59)38-41-71(85)89-81-67(48-78-79(86(81)92)65-27-10-14-34-77(65)95-78)69-46-55(45-68-61-25-8-12-31-74(61)93(89)84(68)69)53-36-35-49-37-40-56(44-54(49)43-53)91-75-42-39-51-18-2-5-22-58(51)80(75)90-82-66(47-70-62-26-9-13-33-76(62)96-88(70)87(82)91)64-29-16-28-63-60-24-7-11-30-73(60)94(90)83(63)64/h1-48H. The van der Waals surface area contributed by atoms with Gasteiger partial charge in [0, 0.05) is 113 Å². The van der Waals surface area contributed by atoms with Crippen LogP contribution in [-0.2, 0) is 0 Å². The van der Waals surface area contributed by atoms with Crippen molar-refractivity contribution in [3.8, 4) is 33.4 Å². The molecule has 8 heterocycles. The average molecular weight is 1250 g/mol. The number of hydrogen-bond acceptors (Lipinski definition) is 4. The molecule has 4 nitrogen and oxygen atoms in total. The number of thiophene rings is 2. The Kier molecular flexibility index (Phi) is 9.62. The Balaban J connectivity index is 0.768. The van der Waals surface area contributed by atoms with Gasteiger partial charge in [-0.3, -0.25) is 0 Å². The molecule has 16 aromatic carbocycles. The highest BCUT2D eigenvalue weighted by Gasteiger charge is 2.47. The number of benzene rings is 16. The van der Waals surface area contributed by atoms with Crippen LogP contribution in [0.5, 0.6) is 0 Å². The number of aromatic nitrogens is 2. The summed E-state index contributed by atoms with van der Waals surface area (Å²) in [4.78, 5) is 5.35. The van der Waals surface area contributed by atoms with Crippen LogP contribution >= 0.6 is 22.7 Å². The van der Waals surface area contributed by atoms with Crippen molar-refractivity contribution in [1.82, 2.24) is 8.96 Å². The smallest absolute Gasteiger partial charge is 0.333 e. The Hall–Kier alpha value is -11.7. The molecule has 0 N–H and O–H groups in total. The lowest BCUT2D eigenvalue weighted by Crippen LogP contribution is -2.57. The fraction of sp³-hybridized carbons (Fsp3) is 0. The summed E-state index contributed by atoms with van der Waals surface area (Å²) in [5, 5.41) is 20.2. The lowest BCUT2D eigenvalue weighted by atomic mass is 9.44. The minimum absolute atomic E-state index is 0.0791. The molecule has 20 aromatic rings. The van der Waals surface area contributed by atoms with Crippen LogP contribution in [0.15, 0.2) is 291 Å². The second-order valence-electron chi connectivity index (χ2n) is 26.9.